The summed E-state index contributed by atoms with van der Waals surface area (Å²) in [5.74, 6) is -1.55. The molecule has 2 atom stereocenters. The molecule has 0 saturated carbocycles. The lowest BCUT2D eigenvalue weighted by Gasteiger charge is -2.40. The van der Waals surface area contributed by atoms with Crippen LogP contribution < -0.4 is 10.2 Å². The quantitative estimate of drug-likeness (QED) is 0.330. The first kappa shape index (κ1) is 24.4. The topological polar surface area (TPSA) is 125 Å². The zero-order valence-corrected chi connectivity index (χ0v) is 19.1. The monoisotopic (exact) mass is 469 g/mol. The minimum absolute atomic E-state index is 0.00412. The molecule has 32 heavy (non-hydrogen) atoms. The minimum Gasteiger partial charge on any atom is -0.494 e. The van der Waals surface area contributed by atoms with Gasteiger partial charge in [0.25, 0.3) is 5.91 Å². The number of nitrogens with zero attached hydrogens (tertiary/aromatic N) is 2. The predicted molar refractivity (Wildman–Crippen MR) is 115 cm³/mol. The average molecular weight is 470 g/mol. The number of sulfonamides is 1. The second-order valence-corrected chi connectivity index (χ2v) is 9.79. The van der Waals surface area contributed by atoms with Crippen LogP contribution in [0.25, 0.3) is 0 Å². The smallest absolute Gasteiger partial charge is 0.262 e. The van der Waals surface area contributed by atoms with Crippen molar-refractivity contribution in [2.24, 2.45) is 5.92 Å². The Kier molecular flexibility index (Phi) is 8.46. The van der Waals surface area contributed by atoms with Gasteiger partial charge >= 0.3 is 0 Å². The molecule has 2 fully saturated rings. The molecule has 1 aromatic carbocycles. The van der Waals surface area contributed by atoms with Gasteiger partial charge in [-0.25, -0.2) is 13.9 Å². The molecule has 0 aromatic heterocycles. The van der Waals surface area contributed by atoms with E-state index < -0.39 is 27.9 Å². The van der Waals surface area contributed by atoms with Crippen LogP contribution in [0.1, 0.15) is 32.6 Å². The Bertz CT molecular complexity index is 885. The molecular formula is C21H31N3O7S. The summed E-state index contributed by atoms with van der Waals surface area (Å²) in [6.07, 6.45) is 2.66. The standard InChI is InChI=1S/C21H31N3O7S/c1-2-3-13-31-16-6-8-17(9-7-16)32(28,29)24-10-4-5-18(19(24)20(25)22-27)21(26)23-11-14-30-15-12-23/h6-9,18-19,27H,2-5,10-15H2,1H3,(H,22,25). The van der Waals surface area contributed by atoms with Gasteiger partial charge in [0.15, 0.2) is 0 Å². The zero-order chi connectivity index (χ0) is 23.1. The first-order valence-corrected chi connectivity index (χ1v) is 12.4. The Morgan fingerprint density at radius 3 is 2.50 bits per heavy atom. The lowest BCUT2D eigenvalue weighted by molar-refractivity contribution is -0.149. The van der Waals surface area contributed by atoms with Crippen LogP contribution in [0.5, 0.6) is 5.75 Å². The fourth-order valence-electron chi connectivity index (χ4n) is 4.07. The molecule has 0 radical (unpaired) electrons. The summed E-state index contributed by atoms with van der Waals surface area (Å²) in [7, 11) is -4.09. The Morgan fingerprint density at radius 1 is 1.19 bits per heavy atom. The first-order chi connectivity index (χ1) is 15.4. The molecule has 2 aliphatic heterocycles. The second-order valence-electron chi connectivity index (χ2n) is 7.90. The van der Waals surface area contributed by atoms with Gasteiger partial charge in [-0.15, -0.1) is 0 Å². The highest BCUT2D eigenvalue weighted by Gasteiger charge is 2.47. The van der Waals surface area contributed by atoms with Crippen molar-refractivity contribution in [1.29, 1.82) is 0 Å². The minimum atomic E-state index is -4.09. The number of nitrogens with one attached hydrogen (secondary N) is 1. The fourth-order valence-corrected chi connectivity index (χ4v) is 5.73. The van der Waals surface area contributed by atoms with Gasteiger partial charge in [-0.1, -0.05) is 13.3 Å². The number of piperidine rings is 1. The number of carbonyl (C=O) groups excluding carboxylic acids is 2. The molecule has 2 N–H and O–H groups in total. The molecule has 2 unspecified atom stereocenters. The third-order valence-corrected chi connectivity index (χ3v) is 7.70. The van der Waals surface area contributed by atoms with Gasteiger partial charge in [-0.05, 0) is 43.5 Å². The van der Waals surface area contributed by atoms with Crippen LogP contribution in [-0.4, -0.2) is 80.1 Å². The summed E-state index contributed by atoms with van der Waals surface area (Å²) in [5.41, 5.74) is 1.55. The van der Waals surface area contributed by atoms with E-state index in [1.54, 1.807) is 22.5 Å². The number of carbonyl (C=O) groups is 2. The number of ether oxygens (including phenoxy) is 2. The van der Waals surface area contributed by atoms with Crippen LogP contribution in [0.4, 0.5) is 0 Å². The van der Waals surface area contributed by atoms with Crippen LogP contribution in [-0.2, 0) is 24.3 Å². The number of morpholine rings is 1. The van der Waals surface area contributed by atoms with Crippen molar-refractivity contribution in [3.8, 4) is 5.75 Å². The number of rotatable bonds is 8. The maximum Gasteiger partial charge on any atom is 0.262 e. The van der Waals surface area contributed by atoms with Crippen LogP contribution in [0, 0.1) is 5.92 Å². The largest absolute Gasteiger partial charge is 0.494 e. The highest BCUT2D eigenvalue weighted by molar-refractivity contribution is 7.89. The van der Waals surface area contributed by atoms with Gasteiger partial charge < -0.3 is 14.4 Å². The van der Waals surface area contributed by atoms with Crippen LogP contribution in [0.2, 0.25) is 0 Å². The lowest BCUT2D eigenvalue weighted by atomic mass is 9.89. The SMILES string of the molecule is CCCCOc1ccc(S(=O)(=O)N2CCCC(C(=O)N3CCOCC3)C2C(=O)NO)cc1. The summed E-state index contributed by atoms with van der Waals surface area (Å²) in [5, 5.41) is 9.31. The normalized spacial score (nSPS) is 22.4. The fraction of sp³-hybridized carbons (Fsp3) is 0.619. The number of hydroxylamine groups is 1. The molecule has 3 rings (SSSR count). The Hall–Kier alpha value is -2.21. The van der Waals surface area contributed by atoms with Gasteiger partial charge in [0.2, 0.25) is 15.9 Å². The molecule has 0 spiro atoms. The van der Waals surface area contributed by atoms with E-state index in [1.165, 1.54) is 12.1 Å². The van der Waals surface area contributed by atoms with Crippen LogP contribution >= 0.6 is 0 Å². The van der Waals surface area contributed by atoms with Crippen molar-refractivity contribution in [3.63, 3.8) is 0 Å². The highest BCUT2D eigenvalue weighted by Crippen LogP contribution is 2.31. The van der Waals surface area contributed by atoms with Gasteiger partial charge in [0, 0.05) is 19.6 Å². The van der Waals surface area contributed by atoms with E-state index in [9.17, 15) is 23.2 Å². The maximum absolute atomic E-state index is 13.4. The lowest BCUT2D eigenvalue weighted by Crippen LogP contribution is -2.59. The van der Waals surface area contributed by atoms with E-state index in [1.807, 2.05) is 6.92 Å². The maximum atomic E-state index is 13.4. The number of unbranched alkanes of at least 4 members (excludes halogenated alkanes) is 1. The van der Waals surface area contributed by atoms with E-state index in [4.69, 9.17) is 9.47 Å². The highest BCUT2D eigenvalue weighted by atomic mass is 32.2. The molecule has 178 valence electrons. The molecule has 2 heterocycles. The Labute approximate surface area is 188 Å². The van der Waals surface area contributed by atoms with E-state index in [2.05, 4.69) is 0 Å². The van der Waals surface area contributed by atoms with Gasteiger partial charge in [0.05, 0.1) is 30.6 Å². The number of hydrogen-bond acceptors (Lipinski definition) is 7. The summed E-state index contributed by atoms with van der Waals surface area (Å²) in [6, 6.07) is 4.67. The number of amides is 2. The third kappa shape index (κ3) is 5.40. The Balaban J connectivity index is 1.84. The van der Waals surface area contributed by atoms with Crippen molar-refractivity contribution in [3.05, 3.63) is 24.3 Å². The van der Waals surface area contributed by atoms with Crippen LogP contribution in [0.15, 0.2) is 29.2 Å². The Morgan fingerprint density at radius 2 is 1.88 bits per heavy atom. The van der Waals surface area contributed by atoms with Gasteiger partial charge in [-0.2, -0.15) is 4.31 Å². The van der Waals surface area contributed by atoms with E-state index >= 15 is 0 Å². The predicted octanol–water partition coefficient (Wildman–Crippen LogP) is 0.999. The molecule has 2 amide bonds. The summed E-state index contributed by atoms with van der Waals surface area (Å²) >= 11 is 0. The second kappa shape index (κ2) is 11.1. The molecule has 2 aliphatic rings. The molecule has 1 aromatic rings. The number of hydrogen-bond donors (Lipinski definition) is 2. The summed E-state index contributed by atoms with van der Waals surface area (Å²) in [6.45, 7) is 4.21. The zero-order valence-electron chi connectivity index (χ0n) is 18.2. The summed E-state index contributed by atoms with van der Waals surface area (Å²) < 4.78 is 38.7. The van der Waals surface area contributed by atoms with Gasteiger partial charge in [-0.3, -0.25) is 14.8 Å². The van der Waals surface area contributed by atoms with Gasteiger partial charge in [0.1, 0.15) is 11.8 Å². The van der Waals surface area contributed by atoms with E-state index in [-0.39, 0.29) is 17.3 Å². The summed E-state index contributed by atoms with van der Waals surface area (Å²) in [4.78, 5) is 27.3. The third-order valence-electron chi connectivity index (χ3n) is 5.80. The van der Waals surface area contributed by atoms with Crippen molar-refractivity contribution in [2.45, 2.75) is 43.5 Å². The van der Waals surface area contributed by atoms with Crippen LogP contribution in [0.3, 0.4) is 0 Å². The van der Waals surface area contributed by atoms with Crippen molar-refractivity contribution < 1.29 is 32.7 Å². The first-order valence-electron chi connectivity index (χ1n) is 10.9. The molecule has 10 nitrogen and oxygen atoms in total. The molecule has 2 saturated heterocycles. The molecule has 0 aliphatic carbocycles. The average Bonchev–Trinajstić information content (AvgIpc) is 2.83. The van der Waals surface area contributed by atoms with E-state index in [0.717, 1.165) is 17.1 Å². The molecular weight excluding hydrogens is 438 g/mol. The van der Waals surface area contributed by atoms with E-state index in [0.29, 0.717) is 51.5 Å². The van der Waals surface area contributed by atoms with Crippen molar-refractivity contribution in [2.75, 3.05) is 39.5 Å². The molecule has 0 bridgehead atoms. The van der Waals surface area contributed by atoms with Crippen molar-refractivity contribution in [1.82, 2.24) is 14.7 Å². The molecule has 11 heteroatoms. The number of benzene rings is 1. The van der Waals surface area contributed by atoms with Crippen molar-refractivity contribution >= 4 is 21.8 Å².